The number of hydrazone groups is 1. The Balaban J connectivity index is 1.38. The quantitative estimate of drug-likeness (QED) is 0.161. The van der Waals surface area contributed by atoms with Crippen LogP contribution in [-0.4, -0.2) is 50.1 Å². The topological polar surface area (TPSA) is 108 Å². The molecule has 0 bridgehead atoms. The van der Waals surface area contributed by atoms with E-state index in [2.05, 4.69) is 20.2 Å². The Kier molecular flexibility index (Phi) is 10.1. The zero-order valence-corrected chi connectivity index (χ0v) is 20.4. The molecule has 184 valence electrons. The number of ether oxygens (including phenoxy) is 4. The Bertz CT molecular complexity index is 1130. The molecule has 1 N–H and O–H groups in total. The molecule has 0 fully saturated rings. The molecule has 3 aromatic rings. The lowest BCUT2D eigenvalue weighted by atomic mass is 10.2. The third-order valence-corrected chi connectivity index (χ3v) is 5.31. The van der Waals surface area contributed by atoms with E-state index in [0.29, 0.717) is 48.4 Å². The van der Waals surface area contributed by atoms with E-state index in [-0.39, 0.29) is 18.4 Å². The first kappa shape index (κ1) is 25.7. The van der Waals surface area contributed by atoms with Gasteiger partial charge < -0.3 is 18.9 Å². The van der Waals surface area contributed by atoms with Gasteiger partial charge >= 0.3 is 11.9 Å². The molecule has 0 saturated heterocycles. The van der Waals surface area contributed by atoms with Gasteiger partial charge in [0.05, 0.1) is 50.8 Å². The van der Waals surface area contributed by atoms with Crippen LogP contribution in [0.25, 0.3) is 0 Å². The maximum absolute atomic E-state index is 11.5. The molecule has 0 unspecified atom stereocenters. The number of benzene rings is 2. The number of hydrogen-bond acceptors (Lipinski definition) is 10. The van der Waals surface area contributed by atoms with Crippen LogP contribution in [0.15, 0.2) is 59.0 Å². The van der Waals surface area contributed by atoms with Crippen LogP contribution in [0.1, 0.15) is 35.0 Å². The zero-order valence-electron chi connectivity index (χ0n) is 19.6. The third-order valence-electron chi connectivity index (χ3n) is 4.52. The number of esters is 2. The van der Waals surface area contributed by atoms with Gasteiger partial charge in [0.25, 0.3) is 0 Å². The summed E-state index contributed by atoms with van der Waals surface area (Å²) in [5.74, 6) is 0.723. The van der Waals surface area contributed by atoms with Crippen LogP contribution in [0.2, 0.25) is 0 Å². The Labute approximate surface area is 207 Å². The fraction of sp³-hybridized carbons (Fsp3) is 0.280. The van der Waals surface area contributed by atoms with Crippen LogP contribution in [-0.2, 0) is 20.7 Å². The number of rotatable bonds is 13. The standard InChI is InChI=1S/C25H27N3O6S/c1-3-32-23(29)15-20-17-35-25(27-20)28-26-16-18-6-4-7-22(14-18)34-13-5-12-33-21-10-8-19(9-11-21)24(30)31-2/h4,6-11,14,16-17H,3,5,12-13,15H2,1-2H3,(H,27,28). The minimum Gasteiger partial charge on any atom is -0.493 e. The Morgan fingerprint density at radius 1 is 1.09 bits per heavy atom. The Morgan fingerprint density at radius 3 is 2.60 bits per heavy atom. The number of carbonyl (C=O) groups is 2. The zero-order chi connectivity index (χ0) is 24.9. The first-order valence-corrected chi connectivity index (χ1v) is 11.9. The summed E-state index contributed by atoms with van der Waals surface area (Å²) in [6.45, 7) is 3.09. The molecular weight excluding hydrogens is 470 g/mol. The summed E-state index contributed by atoms with van der Waals surface area (Å²) in [7, 11) is 1.35. The van der Waals surface area contributed by atoms with Crippen molar-refractivity contribution >= 4 is 34.6 Å². The number of nitrogens with one attached hydrogen (secondary N) is 1. The summed E-state index contributed by atoms with van der Waals surface area (Å²) in [5.41, 5.74) is 4.85. The summed E-state index contributed by atoms with van der Waals surface area (Å²) < 4.78 is 21.1. The molecule has 2 aromatic carbocycles. The Hall–Kier alpha value is -3.92. The van der Waals surface area contributed by atoms with Gasteiger partial charge in [-0.2, -0.15) is 5.10 Å². The molecule has 0 aliphatic rings. The second kappa shape index (κ2) is 13.7. The van der Waals surface area contributed by atoms with Crippen molar-refractivity contribution < 1.29 is 28.5 Å². The molecule has 1 aromatic heterocycles. The molecule has 0 amide bonds. The number of nitrogens with zero attached hydrogens (tertiary/aromatic N) is 2. The van der Waals surface area contributed by atoms with Crippen molar-refractivity contribution in [1.29, 1.82) is 0 Å². The number of thiazole rings is 1. The summed E-state index contributed by atoms with van der Waals surface area (Å²) in [6, 6.07) is 14.3. The van der Waals surface area contributed by atoms with Crippen molar-refractivity contribution in [2.24, 2.45) is 5.10 Å². The highest BCUT2D eigenvalue weighted by molar-refractivity contribution is 7.13. The van der Waals surface area contributed by atoms with Crippen molar-refractivity contribution in [3.05, 3.63) is 70.7 Å². The Morgan fingerprint density at radius 2 is 1.86 bits per heavy atom. The minimum absolute atomic E-state index is 0.141. The van der Waals surface area contributed by atoms with Gasteiger partial charge in [0.1, 0.15) is 11.5 Å². The van der Waals surface area contributed by atoms with Crippen LogP contribution in [0, 0.1) is 0 Å². The average molecular weight is 498 g/mol. The van der Waals surface area contributed by atoms with Crippen LogP contribution in [0.3, 0.4) is 0 Å². The number of anilines is 1. The lowest BCUT2D eigenvalue weighted by Crippen LogP contribution is -2.07. The summed E-state index contributed by atoms with van der Waals surface area (Å²) >= 11 is 1.36. The van der Waals surface area contributed by atoms with Crippen molar-refractivity contribution in [3.8, 4) is 11.5 Å². The van der Waals surface area contributed by atoms with Crippen molar-refractivity contribution in [1.82, 2.24) is 4.98 Å². The van der Waals surface area contributed by atoms with Crippen molar-refractivity contribution in [2.75, 3.05) is 32.4 Å². The predicted molar refractivity (Wildman–Crippen MR) is 133 cm³/mol. The molecule has 0 spiro atoms. The van der Waals surface area contributed by atoms with Gasteiger partial charge in [-0.05, 0) is 48.9 Å². The van der Waals surface area contributed by atoms with E-state index >= 15 is 0 Å². The molecule has 3 rings (SSSR count). The van der Waals surface area contributed by atoms with E-state index in [4.69, 9.17) is 14.2 Å². The average Bonchev–Trinajstić information content (AvgIpc) is 3.31. The highest BCUT2D eigenvalue weighted by Crippen LogP contribution is 2.17. The first-order valence-electron chi connectivity index (χ1n) is 11.0. The van der Waals surface area contributed by atoms with E-state index in [1.54, 1.807) is 42.8 Å². The molecule has 9 nitrogen and oxygen atoms in total. The normalized spacial score (nSPS) is 10.7. The maximum atomic E-state index is 11.5. The van der Waals surface area contributed by atoms with Crippen molar-refractivity contribution in [2.45, 2.75) is 19.8 Å². The monoisotopic (exact) mass is 497 g/mol. The van der Waals surface area contributed by atoms with Gasteiger partial charge in [0.15, 0.2) is 0 Å². The number of carbonyl (C=O) groups excluding carboxylic acids is 2. The van der Waals surface area contributed by atoms with Gasteiger partial charge in [-0.1, -0.05) is 12.1 Å². The van der Waals surface area contributed by atoms with Crippen LogP contribution >= 0.6 is 11.3 Å². The SMILES string of the molecule is CCOC(=O)Cc1csc(NN=Cc2cccc(OCCCOc3ccc(C(=O)OC)cc3)c2)n1. The van der Waals surface area contributed by atoms with Gasteiger partial charge in [-0.3, -0.25) is 10.2 Å². The first-order chi connectivity index (χ1) is 17.1. The summed E-state index contributed by atoms with van der Waals surface area (Å²) in [4.78, 5) is 27.3. The van der Waals surface area contributed by atoms with Gasteiger partial charge in [-0.25, -0.2) is 9.78 Å². The fourth-order valence-electron chi connectivity index (χ4n) is 2.89. The third kappa shape index (κ3) is 8.74. The van der Waals surface area contributed by atoms with Crippen LogP contribution < -0.4 is 14.9 Å². The van der Waals surface area contributed by atoms with Crippen LogP contribution in [0.4, 0.5) is 5.13 Å². The van der Waals surface area contributed by atoms with Gasteiger partial charge in [0, 0.05) is 11.8 Å². The second-order valence-electron chi connectivity index (χ2n) is 7.13. The molecular formula is C25H27N3O6S. The molecule has 0 saturated carbocycles. The molecule has 0 atom stereocenters. The smallest absolute Gasteiger partial charge is 0.337 e. The van der Waals surface area contributed by atoms with Crippen molar-refractivity contribution in [3.63, 3.8) is 0 Å². The van der Waals surface area contributed by atoms with Gasteiger partial charge in [0.2, 0.25) is 5.13 Å². The molecule has 0 aliphatic carbocycles. The molecule has 35 heavy (non-hydrogen) atoms. The molecule has 0 aliphatic heterocycles. The molecule has 0 radical (unpaired) electrons. The molecule has 1 heterocycles. The van der Waals surface area contributed by atoms with E-state index < -0.39 is 0 Å². The minimum atomic E-state index is -0.378. The van der Waals surface area contributed by atoms with Crippen LogP contribution in [0.5, 0.6) is 11.5 Å². The predicted octanol–water partition coefficient (Wildman–Crippen LogP) is 4.33. The van der Waals surface area contributed by atoms with E-state index in [1.165, 1.54) is 18.4 Å². The van der Waals surface area contributed by atoms with E-state index in [1.807, 2.05) is 24.3 Å². The second-order valence-corrected chi connectivity index (χ2v) is 7.99. The lowest BCUT2D eigenvalue weighted by Gasteiger charge is -2.09. The summed E-state index contributed by atoms with van der Waals surface area (Å²) in [6.07, 6.45) is 2.50. The van der Waals surface area contributed by atoms with E-state index in [0.717, 1.165) is 11.3 Å². The maximum Gasteiger partial charge on any atom is 0.337 e. The largest absolute Gasteiger partial charge is 0.493 e. The van der Waals surface area contributed by atoms with E-state index in [9.17, 15) is 9.59 Å². The number of hydrogen-bond donors (Lipinski definition) is 1. The molecule has 10 heteroatoms. The highest BCUT2D eigenvalue weighted by Gasteiger charge is 2.08. The number of methoxy groups -OCH3 is 1. The van der Waals surface area contributed by atoms with Gasteiger partial charge in [-0.15, -0.1) is 11.3 Å². The number of aromatic nitrogens is 1. The lowest BCUT2D eigenvalue weighted by molar-refractivity contribution is -0.142. The fourth-order valence-corrected chi connectivity index (χ4v) is 3.55. The highest BCUT2D eigenvalue weighted by atomic mass is 32.1. The summed E-state index contributed by atoms with van der Waals surface area (Å²) in [5, 5.41) is 6.59.